The summed E-state index contributed by atoms with van der Waals surface area (Å²) in [6, 6.07) is 9.11. The molecule has 2 aromatic rings. The molecule has 1 saturated heterocycles. The molecule has 3 N–H and O–H groups in total. The topological polar surface area (TPSA) is 78.7 Å². The highest BCUT2D eigenvalue weighted by Crippen LogP contribution is 2.27. The van der Waals surface area contributed by atoms with Crippen LogP contribution in [-0.4, -0.2) is 48.9 Å². The Labute approximate surface area is 161 Å². The Balaban J connectivity index is 1.58. The number of thiophene rings is 1. The molecular formula is C18H21ClN4O2S. The normalized spacial score (nSPS) is 16.3. The second-order valence-electron chi connectivity index (χ2n) is 6.17. The smallest absolute Gasteiger partial charge is 0.251 e. The summed E-state index contributed by atoms with van der Waals surface area (Å²) in [5.41, 5.74) is 6.70. The lowest BCUT2D eigenvalue weighted by Crippen LogP contribution is -2.52. The third-order valence-corrected chi connectivity index (χ3v) is 5.75. The standard InChI is InChI=1S/C18H21ClN4O2S/c1-12(17(25)21-18-13(16(20)24)6-11-26-18)22-7-9-23(10-8-22)15-5-3-2-4-14(15)19/h2-6,11-12H,7-10H2,1H3,(H2,20,24)(H,21,25)/t12-/m0/s1. The summed E-state index contributed by atoms with van der Waals surface area (Å²) in [7, 11) is 0. The average Bonchev–Trinajstić information content (AvgIpc) is 3.10. The monoisotopic (exact) mass is 392 g/mol. The number of para-hydroxylation sites is 1. The second-order valence-corrected chi connectivity index (χ2v) is 7.49. The fourth-order valence-electron chi connectivity index (χ4n) is 3.04. The molecule has 0 spiro atoms. The number of benzene rings is 1. The van der Waals surface area contributed by atoms with Gasteiger partial charge in [-0.05, 0) is 30.5 Å². The van der Waals surface area contributed by atoms with Crippen LogP contribution >= 0.6 is 22.9 Å². The lowest BCUT2D eigenvalue weighted by molar-refractivity contribution is -0.120. The Hall–Kier alpha value is -2.09. The number of piperazine rings is 1. The third kappa shape index (κ3) is 4.00. The van der Waals surface area contributed by atoms with Crippen LogP contribution in [-0.2, 0) is 4.79 Å². The van der Waals surface area contributed by atoms with Gasteiger partial charge in [-0.2, -0.15) is 0 Å². The van der Waals surface area contributed by atoms with Crippen molar-refractivity contribution in [2.45, 2.75) is 13.0 Å². The van der Waals surface area contributed by atoms with Gasteiger partial charge < -0.3 is 16.0 Å². The molecule has 138 valence electrons. The number of carbonyl (C=O) groups is 2. The molecule has 0 unspecified atom stereocenters. The summed E-state index contributed by atoms with van der Waals surface area (Å²) in [5.74, 6) is -0.677. The molecule has 3 rings (SSSR count). The van der Waals surface area contributed by atoms with Gasteiger partial charge in [0.1, 0.15) is 5.00 Å². The molecule has 1 atom stereocenters. The van der Waals surface area contributed by atoms with Crippen molar-refractivity contribution in [2.24, 2.45) is 5.73 Å². The Bertz CT molecular complexity index is 802. The van der Waals surface area contributed by atoms with Crippen molar-refractivity contribution in [1.29, 1.82) is 0 Å². The lowest BCUT2D eigenvalue weighted by atomic mass is 10.2. The molecule has 2 heterocycles. The molecule has 1 aromatic carbocycles. The predicted octanol–water partition coefficient (Wildman–Crippen LogP) is 2.65. The van der Waals surface area contributed by atoms with E-state index >= 15 is 0 Å². The van der Waals surface area contributed by atoms with Gasteiger partial charge in [0.2, 0.25) is 5.91 Å². The molecule has 8 heteroatoms. The molecular weight excluding hydrogens is 372 g/mol. The maximum atomic E-state index is 12.6. The molecule has 0 bridgehead atoms. The maximum absolute atomic E-state index is 12.6. The van der Waals surface area contributed by atoms with Gasteiger partial charge in [-0.1, -0.05) is 23.7 Å². The SMILES string of the molecule is C[C@@H](C(=O)Nc1sccc1C(N)=O)N1CCN(c2ccccc2Cl)CC1. The number of carbonyl (C=O) groups excluding carboxylic acids is 2. The minimum absolute atomic E-state index is 0.138. The van der Waals surface area contributed by atoms with Crippen molar-refractivity contribution in [3.63, 3.8) is 0 Å². The van der Waals surface area contributed by atoms with Crippen molar-refractivity contribution in [3.05, 3.63) is 46.3 Å². The molecule has 1 aromatic heterocycles. The largest absolute Gasteiger partial charge is 0.368 e. The summed E-state index contributed by atoms with van der Waals surface area (Å²) in [4.78, 5) is 28.3. The van der Waals surface area contributed by atoms with E-state index in [0.717, 1.165) is 36.9 Å². The van der Waals surface area contributed by atoms with E-state index in [4.69, 9.17) is 17.3 Å². The van der Waals surface area contributed by atoms with Gasteiger partial charge in [0, 0.05) is 26.2 Å². The second kappa shape index (κ2) is 8.07. The van der Waals surface area contributed by atoms with E-state index < -0.39 is 5.91 Å². The number of halogens is 1. The van der Waals surface area contributed by atoms with Crippen LogP contribution in [0.15, 0.2) is 35.7 Å². The molecule has 0 aliphatic carbocycles. The van der Waals surface area contributed by atoms with Crippen LogP contribution in [0.25, 0.3) is 0 Å². The average molecular weight is 393 g/mol. The quantitative estimate of drug-likeness (QED) is 0.819. The highest BCUT2D eigenvalue weighted by molar-refractivity contribution is 7.14. The van der Waals surface area contributed by atoms with Crippen LogP contribution < -0.4 is 16.0 Å². The molecule has 2 amide bonds. The Morgan fingerprint density at radius 2 is 1.88 bits per heavy atom. The Morgan fingerprint density at radius 1 is 1.19 bits per heavy atom. The molecule has 1 aliphatic heterocycles. The predicted molar refractivity (Wildman–Crippen MR) is 106 cm³/mol. The molecule has 1 aliphatic rings. The molecule has 1 fully saturated rings. The van der Waals surface area contributed by atoms with Gasteiger partial charge in [-0.25, -0.2) is 0 Å². The maximum Gasteiger partial charge on any atom is 0.251 e. The summed E-state index contributed by atoms with van der Waals surface area (Å²) in [6.45, 7) is 4.98. The summed E-state index contributed by atoms with van der Waals surface area (Å²) >= 11 is 7.57. The first kappa shape index (κ1) is 18.7. The summed E-state index contributed by atoms with van der Waals surface area (Å²) < 4.78 is 0. The van der Waals surface area contributed by atoms with Crippen molar-refractivity contribution >= 4 is 45.4 Å². The number of primary amides is 1. The first-order chi connectivity index (χ1) is 12.5. The number of hydrogen-bond donors (Lipinski definition) is 2. The van der Waals surface area contributed by atoms with E-state index in [1.165, 1.54) is 11.3 Å². The molecule has 6 nitrogen and oxygen atoms in total. The van der Waals surface area contributed by atoms with E-state index in [2.05, 4.69) is 15.1 Å². The van der Waals surface area contributed by atoms with Crippen LogP contribution in [0, 0.1) is 0 Å². The zero-order chi connectivity index (χ0) is 18.7. The minimum atomic E-state index is -0.539. The molecule has 0 saturated carbocycles. The van der Waals surface area contributed by atoms with Gasteiger partial charge in [0.25, 0.3) is 5.91 Å². The number of nitrogens with one attached hydrogen (secondary N) is 1. The van der Waals surface area contributed by atoms with E-state index in [9.17, 15) is 9.59 Å². The highest BCUT2D eigenvalue weighted by atomic mass is 35.5. The van der Waals surface area contributed by atoms with Crippen LogP contribution in [0.1, 0.15) is 17.3 Å². The van der Waals surface area contributed by atoms with E-state index in [1.54, 1.807) is 11.4 Å². The first-order valence-electron chi connectivity index (χ1n) is 8.39. The van der Waals surface area contributed by atoms with Crippen molar-refractivity contribution in [2.75, 3.05) is 36.4 Å². The molecule has 26 heavy (non-hydrogen) atoms. The fourth-order valence-corrected chi connectivity index (χ4v) is 4.09. The Morgan fingerprint density at radius 3 is 2.54 bits per heavy atom. The van der Waals surface area contributed by atoms with Gasteiger partial charge in [-0.3, -0.25) is 14.5 Å². The van der Waals surface area contributed by atoms with Crippen molar-refractivity contribution < 1.29 is 9.59 Å². The summed E-state index contributed by atoms with van der Waals surface area (Å²) in [5, 5.41) is 5.81. The molecule has 0 radical (unpaired) electrons. The summed E-state index contributed by atoms with van der Waals surface area (Å²) in [6.07, 6.45) is 0. The number of anilines is 2. The van der Waals surface area contributed by atoms with Crippen LogP contribution in [0.4, 0.5) is 10.7 Å². The van der Waals surface area contributed by atoms with Crippen LogP contribution in [0.5, 0.6) is 0 Å². The minimum Gasteiger partial charge on any atom is -0.368 e. The van der Waals surface area contributed by atoms with Crippen LogP contribution in [0.2, 0.25) is 5.02 Å². The number of nitrogens with zero attached hydrogens (tertiary/aromatic N) is 2. The van der Waals surface area contributed by atoms with Crippen LogP contribution in [0.3, 0.4) is 0 Å². The van der Waals surface area contributed by atoms with Crippen molar-refractivity contribution in [1.82, 2.24) is 4.90 Å². The number of rotatable bonds is 5. The lowest BCUT2D eigenvalue weighted by Gasteiger charge is -2.38. The zero-order valence-corrected chi connectivity index (χ0v) is 16.0. The highest BCUT2D eigenvalue weighted by Gasteiger charge is 2.27. The van der Waals surface area contributed by atoms with Gasteiger partial charge in [0.15, 0.2) is 0 Å². The van der Waals surface area contributed by atoms with Gasteiger partial charge in [0.05, 0.1) is 22.3 Å². The number of hydrogen-bond acceptors (Lipinski definition) is 5. The van der Waals surface area contributed by atoms with Gasteiger partial charge in [-0.15, -0.1) is 11.3 Å². The van der Waals surface area contributed by atoms with Gasteiger partial charge >= 0.3 is 0 Å². The van der Waals surface area contributed by atoms with E-state index in [-0.39, 0.29) is 11.9 Å². The number of nitrogens with two attached hydrogens (primary N) is 1. The first-order valence-corrected chi connectivity index (χ1v) is 9.65. The Kier molecular flexibility index (Phi) is 5.80. The van der Waals surface area contributed by atoms with Crippen molar-refractivity contribution in [3.8, 4) is 0 Å². The zero-order valence-electron chi connectivity index (χ0n) is 14.4. The number of amides is 2. The third-order valence-electron chi connectivity index (χ3n) is 4.60. The van der Waals surface area contributed by atoms with E-state index in [0.29, 0.717) is 10.6 Å². The fraction of sp³-hybridized carbons (Fsp3) is 0.333. The van der Waals surface area contributed by atoms with E-state index in [1.807, 2.05) is 31.2 Å².